The Hall–Kier alpha value is -2.21. The normalized spacial score (nSPS) is 11.5. The molecule has 0 fully saturated rings. The second kappa shape index (κ2) is 6.70. The van der Waals surface area contributed by atoms with Gasteiger partial charge in [-0.1, -0.05) is 30.3 Å². The Morgan fingerprint density at radius 2 is 1.73 bits per heavy atom. The predicted molar refractivity (Wildman–Crippen MR) is 71.8 cm³/mol. The van der Waals surface area contributed by atoms with Crippen LogP contribution in [0.25, 0.3) is 0 Å². The molecular formula is C16H12F4O2. The highest BCUT2D eigenvalue weighted by molar-refractivity contribution is 5.98. The van der Waals surface area contributed by atoms with Gasteiger partial charge in [0.05, 0.1) is 12.2 Å². The lowest BCUT2D eigenvalue weighted by molar-refractivity contribution is -0.138. The minimum atomic E-state index is -4.80. The standard InChI is InChI=1S/C16H12F4O2/c17-12-6-7-13(14(8-12)16(18,19)20)15(21)10-22-9-11-4-2-1-3-5-11/h1-8H,9-10H2. The van der Waals surface area contributed by atoms with Gasteiger partial charge in [0.25, 0.3) is 0 Å². The van der Waals surface area contributed by atoms with Crippen LogP contribution >= 0.6 is 0 Å². The van der Waals surface area contributed by atoms with E-state index in [0.717, 1.165) is 17.7 Å². The molecule has 0 aliphatic heterocycles. The summed E-state index contributed by atoms with van der Waals surface area (Å²) in [5.41, 5.74) is -1.09. The highest BCUT2D eigenvalue weighted by Crippen LogP contribution is 2.32. The quantitative estimate of drug-likeness (QED) is 0.609. The summed E-state index contributed by atoms with van der Waals surface area (Å²) in [7, 11) is 0. The van der Waals surface area contributed by atoms with Crippen molar-refractivity contribution in [2.75, 3.05) is 6.61 Å². The second-order valence-electron chi connectivity index (χ2n) is 4.59. The number of carbonyl (C=O) groups excluding carboxylic acids is 1. The first-order chi connectivity index (χ1) is 10.4. The van der Waals surface area contributed by atoms with Gasteiger partial charge in [0.2, 0.25) is 0 Å². The fourth-order valence-corrected chi connectivity index (χ4v) is 1.91. The van der Waals surface area contributed by atoms with Crippen molar-refractivity contribution in [2.45, 2.75) is 12.8 Å². The van der Waals surface area contributed by atoms with Gasteiger partial charge in [0.15, 0.2) is 5.78 Å². The SMILES string of the molecule is O=C(COCc1ccccc1)c1ccc(F)cc1C(F)(F)F. The molecule has 0 bridgehead atoms. The van der Waals surface area contributed by atoms with E-state index in [1.165, 1.54) is 0 Å². The van der Waals surface area contributed by atoms with Gasteiger partial charge < -0.3 is 4.74 Å². The monoisotopic (exact) mass is 312 g/mol. The number of carbonyl (C=O) groups is 1. The number of hydrogen-bond donors (Lipinski definition) is 0. The average Bonchev–Trinajstić information content (AvgIpc) is 2.47. The zero-order valence-electron chi connectivity index (χ0n) is 11.4. The summed E-state index contributed by atoms with van der Waals surface area (Å²) in [4.78, 5) is 11.9. The summed E-state index contributed by atoms with van der Waals surface area (Å²) >= 11 is 0. The molecule has 0 amide bonds. The second-order valence-corrected chi connectivity index (χ2v) is 4.59. The summed E-state index contributed by atoms with van der Waals surface area (Å²) in [6.45, 7) is -0.404. The Morgan fingerprint density at radius 3 is 2.36 bits per heavy atom. The van der Waals surface area contributed by atoms with Gasteiger partial charge in [0.1, 0.15) is 12.4 Å². The molecule has 0 heterocycles. The predicted octanol–water partition coefficient (Wildman–Crippen LogP) is 4.24. The van der Waals surface area contributed by atoms with E-state index in [9.17, 15) is 22.4 Å². The van der Waals surface area contributed by atoms with Gasteiger partial charge in [-0.15, -0.1) is 0 Å². The van der Waals surface area contributed by atoms with Crippen molar-refractivity contribution in [3.05, 3.63) is 71.0 Å². The van der Waals surface area contributed by atoms with Gasteiger partial charge >= 0.3 is 6.18 Å². The summed E-state index contributed by atoms with van der Waals surface area (Å²) in [5.74, 6) is -1.89. The molecule has 0 radical (unpaired) electrons. The zero-order valence-corrected chi connectivity index (χ0v) is 11.4. The number of Topliss-reactive ketones (excluding diaryl/α,β-unsaturated/α-hetero) is 1. The largest absolute Gasteiger partial charge is 0.417 e. The molecule has 0 atom stereocenters. The molecule has 0 N–H and O–H groups in total. The lowest BCUT2D eigenvalue weighted by atomic mass is 10.0. The van der Waals surface area contributed by atoms with Gasteiger partial charge in [-0.2, -0.15) is 13.2 Å². The maximum Gasteiger partial charge on any atom is 0.417 e. The maximum absolute atomic E-state index is 13.0. The fourth-order valence-electron chi connectivity index (χ4n) is 1.91. The molecule has 0 saturated carbocycles. The molecule has 2 rings (SSSR count). The Kier molecular flexibility index (Phi) is 4.92. The van der Waals surface area contributed by atoms with Crippen LogP contribution < -0.4 is 0 Å². The van der Waals surface area contributed by atoms with Crippen LogP contribution in [0.3, 0.4) is 0 Å². The highest BCUT2D eigenvalue weighted by Gasteiger charge is 2.35. The fraction of sp³-hybridized carbons (Fsp3) is 0.188. The topological polar surface area (TPSA) is 26.3 Å². The number of halogens is 4. The molecule has 0 aliphatic carbocycles. The smallest absolute Gasteiger partial charge is 0.369 e. The number of hydrogen-bond acceptors (Lipinski definition) is 2. The zero-order chi connectivity index (χ0) is 16.2. The first kappa shape index (κ1) is 16.2. The molecule has 0 aromatic heterocycles. The molecule has 6 heteroatoms. The molecule has 2 aromatic rings. The van der Waals surface area contributed by atoms with E-state index in [-0.39, 0.29) is 6.61 Å². The number of alkyl halides is 3. The van der Waals surface area contributed by atoms with Crippen LogP contribution in [0.2, 0.25) is 0 Å². The Bertz CT molecular complexity index is 651. The minimum Gasteiger partial charge on any atom is -0.369 e. The Labute approximate surface area is 124 Å². The Balaban J connectivity index is 2.07. The van der Waals surface area contributed by atoms with Crippen molar-refractivity contribution >= 4 is 5.78 Å². The van der Waals surface area contributed by atoms with Crippen molar-refractivity contribution in [1.82, 2.24) is 0 Å². The van der Waals surface area contributed by atoms with Crippen molar-refractivity contribution in [1.29, 1.82) is 0 Å². The van der Waals surface area contributed by atoms with E-state index < -0.39 is 35.5 Å². The first-order valence-corrected chi connectivity index (χ1v) is 6.39. The third-order valence-electron chi connectivity index (χ3n) is 2.93. The third kappa shape index (κ3) is 4.14. The molecule has 116 valence electrons. The molecule has 22 heavy (non-hydrogen) atoms. The maximum atomic E-state index is 13.0. The van der Waals surface area contributed by atoms with Gasteiger partial charge in [-0.3, -0.25) is 4.79 Å². The molecule has 2 aromatic carbocycles. The van der Waals surface area contributed by atoms with E-state index in [0.29, 0.717) is 6.07 Å². The summed E-state index contributed by atoms with van der Waals surface area (Å²) in [6, 6.07) is 10.9. The van der Waals surface area contributed by atoms with Gasteiger partial charge in [-0.25, -0.2) is 4.39 Å². The molecule has 0 aliphatic rings. The van der Waals surface area contributed by atoms with E-state index in [4.69, 9.17) is 4.74 Å². The molecule has 0 spiro atoms. The van der Waals surface area contributed by atoms with E-state index >= 15 is 0 Å². The highest BCUT2D eigenvalue weighted by atomic mass is 19.4. The van der Waals surface area contributed by atoms with Crippen molar-refractivity contribution in [3.8, 4) is 0 Å². The van der Waals surface area contributed by atoms with Crippen LogP contribution in [0, 0.1) is 5.82 Å². The number of ether oxygens (including phenoxy) is 1. The molecule has 0 unspecified atom stereocenters. The van der Waals surface area contributed by atoms with E-state index in [2.05, 4.69) is 0 Å². The molecule has 0 saturated heterocycles. The van der Waals surface area contributed by atoms with Crippen LogP contribution in [0.4, 0.5) is 17.6 Å². The number of benzene rings is 2. The summed E-state index contributed by atoms with van der Waals surface area (Å²) in [6.07, 6.45) is -4.80. The third-order valence-corrected chi connectivity index (χ3v) is 2.93. The van der Waals surface area contributed by atoms with Gasteiger partial charge in [-0.05, 0) is 23.8 Å². The van der Waals surface area contributed by atoms with Crippen molar-refractivity contribution in [3.63, 3.8) is 0 Å². The van der Waals surface area contributed by atoms with Crippen LogP contribution in [0.5, 0.6) is 0 Å². The van der Waals surface area contributed by atoms with Crippen molar-refractivity contribution < 1.29 is 27.1 Å². The van der Waals surface area contributed by atoms with Crippen LogP contribution in [-0.2, 0) is 17.5 Å². The van der Waals surface area contributed by atoms with Crippen LogP contribution in [0.15, 0.2) is 48.5 Å². The van der Waals surface area contributed by atoms with E-state index in [1.54, 1.807) is 24.3 Å². The molecule has 2 nitrogen and oxygen atoms in total. The van der Waals surface area contributed by atoms with Gasteiger partial charge in [0, 0.05) is 5.56 Å². The van der Waals surface area contributed by atoms with Crippen LogP contribution in [-0.4, -0.2) is 12.4 Å². The van der Waals surface area contributed by atoms with Crippen LogP contribution in [0.1, 0.15) is 21.5 Å². The average molecular weight is 312 g/mol. The van der Waals surface area contributed by atoms with Crippen molar-refractivity contribution in [2.24, 2.45) is 0 Å². The lowest BCUT2D eigenvalue weighted by Crippen LogP contribution is -2.17. The summed E-state index contributed by atoms with van der Waals surface area (Å²) in [5, 5.41) is 0. The number of rotatable bonds is 5. The minimum absolute atomic E-state index is 0.106. The summed E-state index contributed by atoms with van der Waals surface area (Å²) < 4.78 is 56.5. The van der Waals surface area contributed by atoms with E-state index in [1.807, 2.05) is 6.07 Å². The lowest BCUT2D eigenvalue weighted by Gasteiger charge is -2.12. The first-order valence-electron chi connectivity index (χ1n) is 6.39. The molecular weight excluding hydrogens is 300 g/mol. The Morgan fingerprint density at radius 1 is 1.05 bits per heavy atom. The number of ketones is 1.